The molecule has 0 aliphatic carbocycles. The lowest BCUT2D eigenvalue weighted by atomic mass is 10.2. The van der Waals surface area contributed by atoms with Crippen LogP contribution >= 0.6 is 0 Å². The van der Waals surface area contributed by atoms with Crippen LogP contribution in [0.1, 0.15) is 13.3 Å². The highest BCUT2D eigenvalue weighted by atomic mass is 19.2. The molecule has 0 saturated heterocycles. The van der Waals surface area contributed by atoms with E-state index in [4.69, 9.17) is 5.73 Å². The molecular formula is C12H13F5N2O2. The smallest absolute Gasteiger partial charge is 0.234 e. The van der Waals surface area contributed by atoms with E-state index in [1.807, 2.05) is 0 Å². The molecule has 1 rings (SSSR count). The number of ether oxygens (including phenoxy) is 1. The maximum absolute atomic E-state index is 13.3. The topological polar surface area (TPSA) is 64.3 Å². The molecule has 0 aromatic heterocycles. The average molecular weight is 312 g/mol. The van der Waals surface area contributed by atoms with Crippen molar-refractivity contribution in [1.82, 2.24) is 5.32 Å². The largest absolute Gasteiger partial charge is 0.487 e. The third kappa shape index (κ3) is 3.81. The molecular weight excluding hydrogens is 299 g/mol. The van der Waals surface area contributed by atoms with Gasteiger partial charge in [-0.3, -0.25) is 4.79 Å². The number of primary amides is 1. The fraction of sp³-hybridized carbons (Fsp3) is 0.417. The van der Waals surface area contributed by atoms with Gasteiger partial charge in [0.05, 0.1) is 12.6 Å². The molecule has 0 aliphatic heterocycles. The molecule has 3 N–H and O–H groups in total. The molecule has 4 nitrogen and oxygen atoms in total. The fourth-order valence-electron chi connectivity index (χ4n) is 1.58. The Kier molecular flexibility index (Phi) is 5.89. The minimum atomic E-state index is -2.26. The number of nitrogens with one attached hydrogen (secondary N) is 1. The van der Waals surface area contributed by atoms with E-state index in [0.717, 1.165) is 0 Å². The van der Waals surface area contributed by atoms with Crippen molar-refractivity contribution < 1.29 is 31.5 Å². The van der Waals surface area contributed by atoms with Crippen LogP contribution in [0.15, 0.2) is 0 Å². The summed E-state index contributed by atoms with van der Waals surface area (Å²) in [6.07, 6.45) is -0.0946. The van der Waals surface area contributed by atoms with Crippen molar-refractivity contribution in [3.63, 3.8) is 0 Å². The molecule has 0 saturated carbocycles. The van der Waals surface area contributed by atoms with Crippen LogP contribution in [0, 0.1) is 29.1 Å². The van der Waals surface area contributed by atoms with Crippen molar-refractivity contribution in [2.24, 2.45) is 5.73 Å². The van der Waals surface area contributed by atoms with E-state index in [2.05, 4.69) is 10.1 Å². The summed E-state index contributed by atoms with van der Waals surface area (Å²) in [6, 6.07) is -0.837. The monoisotopic (exact) mass is 312 g/mol. The van der Waals surface area contributed by atoms with Gasteiger partial charge < -0.3 is 15.8 Å². The first-order valence-corrected chi connectivity index (χ1v) is 5.98. The Morgan fingerprint density at radius 1 is 1.10 bits per heavy atom. The van der Waals surface area contributed by atoms with Gasteiger partial charge in [0, 0.05) is 6.42 Å². The van der Waals surface area contributed by atoms with Gasteiger partial charge in [-0.25, -0.2) is 13.2 Å². The number of amides is 1. The molecule has 0 aliphatic rings. The summed E-state index contributed by atoms with van der Waals surface area (Å²) < 4.78 is 69.7. The summed E-state index contributed by atoms with van der Waals surface area (Å²) in [5.41, 5.74) is 5.06. The summed E-state index contributed by atoms with van der Waals surface area (Å²) in [7, 11) is 0. The van der Waals surface area contributed by atoms with E-state index in [0.29, 0.717) is 6.54 Å². The number of nitrogens with two attached hydrogens (primary N) is 1. The van der Waals surface area contributed by atoms with Gasteiger partial charge in [-0.2, -0.15) is 8.78 Å². The van der Waals surface area contributed by atoms with Crippen LogP contribution < -0.4 is 15.8 Å². The lowest BCUT2D eigenvalue weighted by molar-refractivity contribution is -0.120. The van der Waals surface area contributed by atoms with E-state index in [1.54, 1.807) is 6.92 Å². The molecule has 118 valence electrons. The van der Waals surface area contributed by atoms with Crippen LogP contribution in [0.5, 0.6) is 5.75 Å². The Labute approximate surface area is 117 Å². The van der Waals surface area contributed by atoms with Crippen molar-refractivity contribution in [3.8, 4) is 5.75 Å². The summed E-state index contributed by atoms with van der Waals surface area (Å²) in [4.78, 5) is 11.0. The number of halogens is 5. The average Bonchev–Trinajstić information content (AvgIpc) is 2.45. The highest BCUT2D eigenvalue weighted by Crippen LogP contribution is 2.29. The SMILES string of the molecule is CCNC(CCOc1c(F)c(F)c(F)c(F)c1F)C(N)=O. The predicted octanol–water partition coefficient (Wildman–Crippen LogP) is 1.61. The zero-order chi connectivity index (χ0) is 16.2. The first kappa shape index (κ1) is 17.2. The van der Waals surface area contributed by atoms with Crippen LogP contribution in [-0.2, 0) is 4.79 Å². The van der Waals surface area contributed by atoms with Gasteiger partial charge in [-0.05, 0) is 6.54 Å². The Morgan fingerprint density at radius 3 is 2.00 bits per heavy atom. The minimum absolute atomic E-state index is 0.0946. The number of benzene rings is 1. The lowest BCUT2D eigenvalue weighted by Gasteiger charge is -2.15. The number of rotatable bonds is 7. The van der Waals surface area contributed by atoms with Crippen LogP contribution in [0.3, 0.4) is 0 Å². The standard InChI is InChI=1S/C12H13F5N2O2/c1-2-19-5(12(18)20)3-4-21-11-9(16)7(14)6(13)8(15)10(11)17/h5,19H,2-4H2,1H3,(H2,18,20). The first-order chi connectivity index (χ1) is 9.81. The predicted molar refractivity (Wildman–Crippen MR) is 63.0 cm³/mol. The maximum atomic E-state index is 13.3. The van der Waals surface area contributed by atoms with Crippen molar-refractivity contribution in [3.05, 3.63) is 29.1 Å². The molecule has 0 bridgehead atoms. The van der Waals surface area contributed by atoms with Crippen LogP contribution in [0.25, 0.3) is 0 Å². The molecule has 0 heterocycles. The zero-order valence-electron chi connectivity index (χ0n) is 11.0. The van der Waals surface area contributed by atoms with Gasteiger partial charge in [0.25, 0.3) is 0 Å². The number of hydrogen-bond donors (Lipinski definition) is 2. The van der Waals surface area contributed by atoms with Crippen molar-refractivity contribution in [2.45, 2.75) is 19.4 Å². The molecule has 0 fully saturated rings. The highest BCUT2D eigenvalue weighted by Gasteiger charge is 2.27. The summed E-state index contributed by atoms with van der Waals surface area (Å²) in [6.45, 7) is 1.63. The fourth-order valence-corrected chi connectivity index (χ4v) is 1.58. The minimum Gasteiger partial charge on any atom is -0.487 e. The molecule has 1 unspecified atom stereocenters. The lowest BCUT2D eigenvalue weighted by Crippen LogP contribution is -2.42. The molecule has 9 heteroatoms. The second-order valence-electron chi connectivity index (χ2n) is 4.05. The molecule has 1 aromatic rings. The normalized spacial score (nSPS) is 12.3. The van der Waals surface area contributed by atoms with Crippen LogP contribution in [0.4, 0.5) is 22.0 Å². The molecule has 21 heavy (non-hydrogen) atoms. The molecule has 0 radical (unpaired) electrons. The second kappa shape index (κ2) is 7.21. The van der Waals surface area contributed by atoms with Gasteiger partial charge in [0.2, 0.25) is 35.0 Å². The summed E-state index contributed by atoms with van der Waals surface area (Å²) >= 11 is 0. The van der Waals surface area contributed by atoms with Gasteiger partial charge in [-0.1, -0.05) is 6.92 Å². The molecule has 1 amide bonds. The Hall–Kier alpha value is -1.90. The van der Waals surface area contributed by atoms with Crippen molar-refractivity contribution in [2.75, 3.05) is 13.2 Å². The van der Waals surface area contributed by atoms with Crippen LogP contribution in [-0.4, -0.2) is 25.1 Å². The van der Waals surface area contributed by atoms with E-state index < -0.39 is 53.4 Å². The van der Waals surface area contributed by atoms with Crippen molar-refractivity contribution in [1.29, 1.82) is 0 Å². The van der Waals surface area contributed by atoms with E-state index >= 15 is 0 Å². The third-order valence-corrected chi connectivity index (χ3v) is 2.62. The summed E-state index contributed by atoms with van der Waals surface area (Å²) in [5, 5.41) is 2.68. The number of carbonyl (C=O) groups excluding carboxylic acids is 1. The molecule has 1 atom stereocenters. The second-order valence-corrected chi connectivity index (χ2v) is 4.05. The first-order valence-electron chi connectivity index (χ1n) is 5.98. The Balaban J connectivity index is 2.83. The van der Waals surface area contributed by atoms with Gasteiger partial charge >= 0.3 is 0 Å². The van der Waals surface area contributed by atoms with E-state index in [1.165, 1.54) is 0 Å². The number of likely N-dealkylation sites (N-methyl/N-ethyl adjacent to an activating group) is 1. The number of carbonyl (C=O) groups is 1. The van der Waals surface area contributed by atoms with Crippen molar-refractivity contribution >= 4 is 5.91 Å². The Bertz CT molecular complexity index is 510. The number of hydrogen-bond acceptors (Lipinski definition) is 3. The molecule has 0 spiro atoms. The molecule has 1 aromatic carbocycles. The highest BCUT2D eigenvalue weighted by molar-refractivity contribution is 5.79. The Morgan fingerprint density at radius 2 is 1.57 bits per heavy atom. The summed E-state index contributed by atoms with van der Waals surface area (Å²) in [5.74, 6) is -12.7. The van der Waals surface area contributed by atoms with E-state index in [-0.39, 0.29) is 6.42 Å². The quantitative estimate of drug-likeness (QED) is 0.457. The maximum Gasteiger partial charge on any atom is 0.234 e. The van der Waals surface area contributed by atoms with E-state index in [9.17, 15) is 26.7 Å². The zero-order valence-corrected chi connectivity index (χ0v) is 11.0. The third-order valence-electron chi connectivity index (χ3n) is 2.62. The van der Waals surface area contributed by atoms with Gasteiger partial charge in [0.1, 0.15) is 0 Å². The van der Waals surface area contributed by atoms with Gasteiger partial charge in [-0.15, -0.1) is 0 Å². The van der Waals surface area contributed by atoms with Crippen LogP contribution in [0.2, 0.25) is 0 Å². The van der Waals surface area contributed by atoms with Gasteiger partial charge in [0.15, 0.2) is 5.75 Å².